The van der Waals surface area contributed by atoms with Gasteiger partial charge in [0.25, 0.3) is 11.8 Å². The lowest BCUT2D eigenvalue weighted by atomic mass is 9.99. The fourth-order valence-electron chi connectivity index (χ4n) is 4.19. The van der Waals surface area contributed by atoms with E-state index in [0.717, 1.165) is 10.3 Å². The molecule has 9 nitrogen and oxygen atoms in total. The highest BCUT2D eigenvalue weighted by molar-refractivity contribution is 7.12. The van der Waals surface area contributed by atoms with Crippen LogP contribution in [0.15, 0.2) is 52.3 Å². The molecule has 0 bridgehead atoms. The second-order valence-electron chi connectivity index (χ2n) is 8.25. The molecule has 170 valence electrons. The number of nitrogens with one attached hydrogen (secondary N) is 1. The Labute approximate surface area is 193 Å². The van der Waals surface area contributed by atoms with Crippen LogP contribution in [0.1, 0.15) is 22.4 Å². The van der Waals surface area contributed by atoms with Gasteiger partial charge in [-0.25, -0.2) is 4.79 Å². The zero-order valence-electron chi connectivity index (χ0n) is 17.9. The molecule has 33 heavy (non-hydrogen) atoms. The first-order valence-corrected chi connectivity index (χ1v) is 11.5. The number of amides is 5. The first-order chi connectivity index (χ1) is 15.9. The van der Waals surface area contributed by atoms with E-state index in [9.17, 15) is 19.2 Å². The van der Waals surface area contributed by atoms with Crippen molar-refractivity contribution in [2.75, 3.05) is 32.7 Å². The van der Waals surface area contributed by atoms with Crippen molar-refractivity contribution in [2.24, 2.45) is 0 Å². The molecule has 5 amide bonds. The summed E-state index contributed by atoms with van der Waals surface area (Å²) >= 11 is 1.38. The van der Waals surface area contributed by atoms with Crippen molar-refractivity contribution in [2.45, 2.75) is 12.5 Å². The van der Waals surface area contributed by atoms with Crippen molar-refractivity contribution in [3.8, 4) is 0 Å². The number of nitrogens with zero attached hydrogens (tertiary/aromatic N) is 3. The summed E-state index contributed by atoms with van der Waals surface area (Å²) in [6, 6.07) is 12.0. The van der Waals surface area contributed by atoms with E-state index in [1.807, 2.05) is 29.6 Å². The van der Waals surface area contributed by atoms with E-state index in [4.69, 9.17) is 4.42 Å². The zero-order valence-corrected chi connectivity index (χ0v) is 18.8. The number of benzene rings is 1. The van der Waals surface area contributed by atoms with Crippen molar-refractivity contribution in [1.29, 1.82) is 0 Å². The van der Waals surface area contributed by atoms with Crippen LogP contribution >= 0.6 is 11.3 Å². The highest BCUT2D eigenvalue weighted by Crippen LogP contribution is 2.33. The van der Waals surface area contributed by atoms with Crippen molar-refractivity contribution >= 4 is 46.1 Å². The van der Waals surface area contributed by atoms with Gasteiger partial charge in [-0.15, -0.1) is 11.3 Å². The number of furan rings is 1. The SMILES string of the molecule is CC1(c2cc3ccccc3o2)NC(=O)N(CC(=O)N2CCN(C(=O)c3cccs3)CC2)C1=O. The van der Waals surface area contributed by atoms with E-state index >= 15 is 0 Å². The van der Waals surface area contributed by atoms with Crippen LogP contribution in [0, 0.1) is 0 Å². The van der Waals surface area contributed by atoms with Gasteiger partial charge in [0.15, 0.2) is 5.54 Å². The standard InChI is InChI=1S/C23H22N4O5S/c1-23(18-13-15-5-2-3-6-16(15)32-18)21(30)27(22(31)24-23)14-19(28)25-8-10-26(11-9-25)20(29)17-7-4-12-33-17/h2-7,12-13H,8-11,14H2,1H3,(H,24,31). The number of piperazine rings is 1. The lowest BCUT2D eigenvalue weighted by Crippen LogP contribution is -2.53. The van der Waals surface area contributed by atoms with Gasteiger partial charge >= 0.3 is 6.03 Å². The van der Waals surface area contributed by atoms with E-state index < -0.39 is 17.5 Å². The Kier molecular flexibility index (Phi) is 5.16. The van der Waals surface area contributed by atoms with Crippen LogP contribution in [-0.4, -0.2) is 71.2 Å². The maximum Gasteiger partial charge on any atom is 0.325 e. The summed E-state index contributed by atoms with van der Waals surface area (Å²) in [5, 5.41) is 5.35. The minimum Gasteiger partial charge on any atom is -0.458 e. The van der Waals surface area contributed by atoms with Gasteiger partial charge in [0, 0.05) is 31.6 Å². The van der Waals surface area contributed by atoms with Gasteiger partial charge in [0.1, 0.15) is 17.9 Å². The first-order valence-electron chi connectivity index (χ1n) is 10.6. The highest BCUT2D eigenvalue weighted by atomic mass is 32.1. The molecular formula is C23H22N4O5S. The lowest BCUT2D eigenvalue weighted by molar-refractivity contribution is -0.140. The predicted molar refractivity (Wildman–Crippen MR) is 121 cm³/mol. The molecule has 0 aliphatic carbocycles. The second kappa shape index (κ2) is 8.04. The van der Waals surface area contributed by atoms with Crippen LogP contribution in [0.25, 0.3) is 11.0 Å². The average Bonchev–Trinajstić information content (AvgIpc) is 3.55. The van der Waals surface area contributed by atoms with Gasteiger partial charge in [-0.1, -0.05) is 24.3 Å². The Balaban J connectivity index is 1.24. The number of para-hydroxylation sites is 1. The lowest BCUT2D eigenvalue weighted by Gasteiger charge is -2.35. The number of thiophene rings is 1. The molecule has 4 heterocycles. The van der Waals surface area contributed by atoms with Gasteiger partial charge in [0.05, 0.1) is 4.88 Å². The van der Waals surface area contributed by atoms with E-state index in [-0.39, 0.29) is 18.4 Å². The van der Waals surface area contributed by atoms with E-state index in [1.165, 1.54) is 11.3 Å². The highest BCUT2D eigenvalue weighted by Gasteiger charge is 2.52. The summed E-state index contributed by atoms with van der Waals surface area (Å²) in [5.41, 5.74) is -0.775. The maximum absolute atomic E-state index is 13.2. The minimum atomic E-state index is -1.39. The maximum atomic E-state index is 13.2. The molecule has 0 radical (unpaired) electrons. The summed E-state index contributed by atoms with van der Waals surface area (Å²) in [7, 11) is 0. The zero-order chi connectivity index (χ0) is 23.2. The molecule has 1 atom stereocenters. The van der Waals surface area contributed by atoms with Crippen LogP contribution in [0.2, 0.25) is 0 Å². The monoisotopic (exact) mass is 466 g/mol. The molecule has 2 fully saturated rings. The number of urea groups is 1. The summed E-state index contributed by atoms with van der Waals surface area (Å²) in [6.07, 6.45) is 0. The summed E-state index contributed by atoms with van der Waals surface area (Å²) in [5.74, 6) is -0.604. The van der Waals surface area contributed by atoms with Crippen molar-refractivity contribution < 1.29 is 23.6 Å². The summed E-state index contributed by atoms with van der Waals surface area (Å²) in [4.78, 5) is 56.0. The molecule has 1 aromatic carbocycles. The largest absolute Gasteiger partial charge is 0.458 e. The number of rotatable bonds is 4. The van der Waals surface area contributed by atoms with Gasteiger partial charge < -0.3 is 19.5 Å². The molecule has 2 aliphatic heterocycles. The number of hydrogen-bond donors (Lipinski definition) is 1. The van der Waals surface area contributed by atoms with Gasteiger partial charge in [-0.05, 0) is 30.5 Å². The van der Waals surface area contributed by atoms with Crippen LogP contribution in [0.4, 0.5) is 4.79 Å². The molecule has 0 spiro atoms. The second-order valence-corrected chi connectivity index (χ2v) is 9.19. The Morgan fingerprint density at radius 1 is 1.06 bits per heavy atom. The minimum absolute atomic E-state index is 0.0483. The van der Waals surface area contributed by atoms with Gasteiger partial charge in [-0.2, -0.15) is 0 Å². The number of carbonyl (C=O) groups is 4. The van der Waals surface area contributed by atoms with E-state index in [1.54, 1.807) is 34.9 Å². The van der Waals surface area contributed by atoms with Crippen LogP contribution in [0.5, 0.6) is 0 Å². The van der Waals surface area contributed by atoms with Crippen molar-refractivity contribution in [3.05, 3.63) is 58.5 Å². The molecule has 5 rings (SSSR count). The molecule has 2 saturated heterocycles. The molecule has 0 saturated carbocycles. The molecule has 1 N–H and O–H groups in total. The Bertz CT molecular complexity index is 1210. The third-order valence-electron chi connectivity index (χ3n) is 6.14. The molecular weight excluding hydrogens is 444 g/mol. The van der Waals surface area contributed by atoms with Crippen LogP contribution < -0.4 is 5.32 Å². The topological polar surface area (TPSA) is 103 Å². The molecule has 2 aliphatic rings. The predicted octanol–water partition coefficient (Wildman–Crippen LogP) is 2.25. The fourth-order valence-corrected chi connectivity index (χ4v) is 4.88. The first kappa shape index (κ1) is 21.2. The van der Waals surface area contributed by atoms with E-state index in [2.05, 4.69) is 5.32 Å². The Morgan fingerprint density at radius 2 is 1.79 bits per heavy atom. The number of imide groups is 1. The number of fused-ring (bicyclic) bond motifs is 1. The van der Waals surface area contributed by atoms with Gasteiger partial charge in [0.2, 0.25) is 5.91 Å². The Hall–Kier alpha value is -3.66. The number of hydrogen-bond acceptors (Lipinski definition) is 6. The summed E-state index contributed by atoms with van der Waals surface area (Å²) in [6.45, 7) is 2.71. The third kappa shape index (κ3) is 3.66. The molecule has 2 aromatic heterocycles. The van der Waals surface area contributed by atoms with Crippen molar-refractivity contribution in [1.82, 2.24) is 20.0 Å². The normalized spacial score (nSPS) is 21.1. The third-order valence-corrected chi connectivity index (χ3v) is 7.00. The van der Waals surface area contributed by atoms with Crippen LogP contribution in [0.3, 0.4) is 0 Å². The smallest absolute Gasteiger partial charge is 0.325 e. The fraction of sp³-hybridized carbons (Fsp3) is 0.304. The van der Waals surface area contributed by atoms with E-state index in [0.29, 0.717) is 42.4 Å². The molecule has 1 unspecified atom stereocenters. The van der Waals surface area contributed by atoms with Crippen LogP contribution in [-0.2, 0) is 15.1 Å². The Morgan fingerprint density at radius 3 is 2.48 bits per heavy atom. The van der Waals surface area contributed by atoms with Crippen molar-refractivity contribution in [3.63, 3.8) is 0 Å². The molecule has 3 aromatic rings. The average molecular weight is 467 g/mol. The molecule has 10 heteroatoms. The van der Waals surface area contributed by atoms with Gasteiger partial charge in [-0.3, -0.25) is 19.3 Å². The number of carbonyl (C=O) groups excluding carboxylic acids is 4. The quantitative estimate of drug-likeness (QED) is 0.594. The summed E-state index contributed by atoms with van der Waals surface area (Å²) < 4.78 is 5.81.